The minimum atomic E-state index is -4.54. The van der Waals surface area contributed by atoms with Crippen LogP contribution >= 0.6 is 0 Å². The lowest BCUT2D eigenvalue weighted by atomic mass is 10.0. The molecular formula is C14H9F4NO. The second kappa shape index (κ2) is 5.03. The maximum atomic E-state index is 13.7. The van der Waals surface area contributed by atoms with Crippen LogP contribution in [0.15, 0.2) is 36.5 Å². The Morgan fingerprint density at radius 1 is 1.15 bits per heavy atom. The number of pyridine rings is 1. The lowest BCUT2D eigenvalue weighted by molar-refractivity contribution is -0.141. The molecule has 0 bridgehead atoms. The van der Waals surface area contributed by atoms with Crippen molar-refractivity contribution in [3.8, 4) is 11.1 Å². The van der Waals surface area contributed by atoms with Gasteiger partial charge in [0.05, 0.1) is 0 Å². The molecule has 0 amide bonds. The Balaban J connectivity index is 2.46. The summed E-state index contributed by atoms with van der Waals surface area (Å²) in [5.74, 6) is -0.886. The fraction of sp³-hybridized carbons (Fsp3) is 0.143. The zero-order valence-corrected chi connectivity index (χ0v) is 10.3. The smallest absolute Gasteiger partial charge is 0.295 e. The van der Waals surface area contributed by atoms with Crippen molar-refractivity contribution < 1.29 is 22.4 Å². The summed E-state index contributed by atoms with van der Waals surface area (Å²) in [6.45, 7) is 1.32. The molecule has 0 radical (unpaired) electrons. The van der Waals surface area contributed by atoms with Crippen LogP contribution in [0.25, 0.3) is 11.1 Å². The molecule has 2 rings (SSSR count). The fourth-order valence-corrected chi connectivity index (χ4v) is 1.69. The molecule has 2 nitrogen and oxygen atoms in total. The van der Waals surface area contributed by atoms with E-state index in [9.17, 15) is 22.4 Å². The van der Waals surface area contributed by atoms with E-state index in [0.717, 1.165) is 24.4 Å². The van der Waals surface area contributed by atoms with Crippen molar-refractivity contribution >= 4 is 5.78 Å². The second-order valence-electron chi connectivity index (χ2n) is 4.18. The zero-order chi connectivity index (χ0) is 14.9. The summed E-state index contributed by atoms with van der Waals surface area (Å²) in [7, 11) is 0. The van der Waals surface area contributed by atoms with Crippen LogP contribution in [0.2, 0.25) is 0 Å². The van der Waals surface area contributed by atoms with E-state index in [2.05, 4.69) is 4.98 Å². The summed E-state index contributed by atoms with van der Waals surface area (Å²) in [6, 6.07) is 5.61. The van der Waals surface area contributed by atoms with Gasteiger partial charge in [0.2, 0.25) is 0 Å². The first-order valence-corrected chi connectivity index (χ1v) is 5.63. The topological polar surface area (TPSA) is 30.0 Å². The molecule has 0 aliphatic heterocycles. The summed E-state index contributed by atoms with van der Waals surface area (Å²) in [4.78, 5) is 14.5. The molecule has 0 unspecified atom stereocenters. The van der Waals surface area contributed by atoms with Gasteiger partial charge in [-0.25, -0.2) is 4.39 Å². The number of benzene rings is 1. The molecule has 0 atom stereocenters. The molecule has 2 aromatic rings. The van der Waals surface area contributed by atoms with Crippen LogP contribution in [0.1, 0.15) is 23.0 Å². The van der Waals surface area contributed by atoms with Crippen molar-refractivity contribution in [2.75, 3.05) is 0 Å². The molecular weight excluding hydrogens is 274 g/mol. The highest BCUT2D eigenvalue weighted by Crippen LogP contribution is 2.30. The number of alkyl halides is 3. The van der Waals surface area contributed by atoms with Gasteiger partial charge in [-0.2, -0.15) is 13.2 Å². The Labute approximate surface area is 112 Å². The van der Waals surface area contributed by atoms with Crippen molar-refractivity contribution in [2.45, 2.75) is 13.1 Å². The van der Waals surface area contributed by atoms with Gasteiger partial charge in [-0.3, -0.25) is 9.78 Å². The Bertz CT molecular complexity index is 647. The van der Waals surface area contributed by atoms with E-state index in [-0.39, 0.29) is 22.5 Å². The lowest BCUT2D eigenvalue weighted by Gasteiger charge is -2.08. The molecule has 0 aliphatic carbocycles. The van der Waals surface area contributed by atoms with Gasteiger partial charge in [-0.1, -0.05) is 6.07 Å². The molecule has 1 aromatic heterocycles. The maximum absolute atomic E-state index is 13.7. The highest BCUT2D eigenvalue weighted by atomic mass is 19.4. The highest BCUT2D eigenvalue weighted by molar-refractivity contribution is 5.95. The molecule has 0 fully saturated rings. The lowest BCUT2D eigenvalue weighted by Crippen LogP contribution is -2.07. The van der Waals surface area contributed by atoms with Gasteiger partial charge < -0.3 is 0 Å². The van der Waals surface area contributed by atoms with Gasteiger partial charge in [0.1, 0.15) is 11.5 Å². The maximum Gasteiger partial charge on any atom is 0.433 e. The Morgan fingerprint density at radius 2 is 1.85 bits per heavy atom. The van der Waals surface area contributed by atoms with E-state index in [1.54, 1.807) is 0 Å². The normalized spacial score (nSPS) is 11.4. The average molecular weight is 283 g/mol. The van der Waals surface area contributed by atoms with Gasteiger partial charge in [0.15, 0.2) is 5.78 Å². The predicted molar refractivity (Wildman–Crippen MR) is 64.6 cm³/mol. The zero-order valence-electron chi connectivity index (χ0n) is 10.3. The molecule has 0 aliphatic rings. The Kier molecular flexibility index (Phi) is 3.57. The number of aromatic nitrogens is 1. The average Bonchev–Trinajstić information content (AvgIpc) is 2.38. The fourth-order valence-electron chi connectivity index (χ4n) is 1.69. The third-order valence-electron chi connectivity index (χ3n) is 2.74. The van der Waals surface area contributed by atoms with Crippen molar-refractivity contribution in [1.82, 2.24) is 4.98 Å². The van der Waals surface area contributed by atoms with E-state index in [1.165, 1.54) is 19.1 Å². The predicted octanol–water partition coefficient (Wildman–Crippen LogP) is 4.11. The van der Waals surface area contributed by atoms with Gasteiger partial charge in [-0.15, -0.1) is 0 Å². The summed E-state index contributed by atoms with van der Waals surface area (Å²) < 4.78 is 50.9. The second-order valence-corrected chi connectivity index (χ2v) is 4.18. The number of carbonyl (C=O) groups excluding carboxylic acids is 1. The minimum Gasteiger partial charge on any atom is -0.295 e. The molecule has 6 heteroatoms. The van der Waals surface area contributed by atoms with Crippen LogP contribution in [-0.2, 0) is 6.18 Å². The molecule has 104 valence electrons. The van der Waals surface area contributed by atoms with E-state index in [4.69, 9.17) is 0 Å². The number of carbonyl (C=O) groups is 1. The Hall–Kier alpha value is -2.24. The molecule has 0 saturated carbocycles. The first kappa shape index (κ1) is 14.2. The van der Waals surface area contributed by atoms with E-state index < -0.39 is 17.7 Å². The van der Waals surface area contributed by atoms with E-state index >= 15 is 0 Å². The molecule has 1 heterocycles. The van der Waals surface area contributed by atoms with Gasteiger partial charge in [0, 0.05) is 22.9 Å². The van der Waals surface area contributed by atoms with Crippen molar-refractivity contribution in [2.24, 2.45) is 0 Å². The number of ketones is 1. The monoisotopic (exact) mass is 283 g/mol. The number of Topliss-reactive ketones (excluding diaryl/α,β-unsaturated/α-hetero) is 1. The number of rotatable bonds is 2. The van der Waals surface area contributed by atoms with Crippen LogP contribution in [0.3, 0.4) is 0 Å². The van der Waals surface area contributed by atoms with Crippen LogP contribution < -0.4 is 0 Å². The van der Waals surface area contributed by atoms with Crippen molar-refractivity contribution in [3.63, 3.8) is 0 Å². The summed E-state index contributed by atoms with van der Waals surface area (Å²) in [5, 5.41) is 0. The molecule has 0 saturated heterocycles. The van der Waals surface area contributed by atoms with E-state index in [1.807, 2.05) is 0 Å². The van der Waals surface area contributed by atoms with Gasteiger partial charge in [-0.05, 0) is 31.2 Å². The standard InChI is InChI=1S/C14H9F4NO/c1-8(20)9-2-4-12(15)11(6-9)10-3-5-13(19-7-10)14(16,17)18/h2-7H,1H3. The first-order chi connectivity index (χ1) is 9.29. The van der Waals surface area contributed by atoms with E-state index in [0.29, 0.717) is 0 Å². The number of halogens is 4. The third-order valence-corrected chi connectivity index (χ3v) is 2.74. The molecule has 0 N–H and O–H groups in total. The molecule has 1 aromatic carbocycles. The summed E-state index contributed by atoms with van der Waals surface area (Å²) in [6.07, 6.45) is -3.61. The van der Waals surface area contributed by atoms with Gasteiger partial charge >= 0.3 is 6.18 Å². The third kappa shape index (κ3) is 2.84. The molecule has 20 heavy (non-hydrogen) atoms. The SMILES string of the molecule is CC(=O)c1ccc(F)c(-c2ccc(C(F)(F)F)nc2)c1. The number of hydrogen-bond donors (Lipinski definition) is 0. The van der Waals surface area contributed by atoms with Gasteiger partial charge in [0.25, 0.3) is 0 Å². The Morgan fingerprint density at radius 3 is 2.35 bits per heavy atom. The van der Waals surface area contributed by atoms with Crippen LogP contribution in [-0.4, -0.2) is 10.8 Å². The summed E-state index contributed by atoms with van der Waals surface area (Å²) >= 11 is 0. The first-order valence-electron chi connectivity index (χ1n) is 5.63. The van der Waals surface area contributed by atoms with Crippen LogP contribution in [0, 0.1) is 5.82 Å². The summed E-state index contributed by atoms with van der Waals surface area (Å²) in [5.41, 5.74) is -0.553. The number of nitrogens with zero attached hydrogens (tertiary/aromatic N) is 1. The largest absolute Gasteiger partial charge is 0.433 e. The van der Waals surface area contributed by atoms with Crippen molar-refractivity contribution in [3.05, 3.63) is 53.6 Å². The minimum absolute atomic E-state index is 0.0407. The van der Waals surface area contributed by atoms with Crippen LogP contribution in [0.5, 0.6) is 0 Å². The van der Waals surface area contributed by atoms with Crippen LogP contribution in [0.4, 0.5) is 17.6 Å². The molecule has 0 spiro atoms. The number of hydrogen-bond acceptors (Lipinski definition) is 2. The quantitative estimate of drug-likeness (QED) is 0.613. The van der Waals surface area contributed by atoms with Crippen molar-refractivity contribution in [1.29, 1.82) is 0 Å². The highest BCUT2D eigenvalue weighted by Gasteiger charge is 2.32.